The molecule has 1 aromatic heterocycles. The number of rotatable bonds is 12. The fraction of sp³-hybridized carbons (Fsp3) is 0.385. The zero-order valence-electron chi connectivity index (χ0n) is 19.4. The lowest BCUT2D eigenvalue weighted by Crippen LogP contribution is -2.33. The summed E-state index contributed by atoms with van der Waals surface area (Å²) >= 11 is -1.33. The van der Waals surface area contributed by atoms with Crippen molar-refractivity contribution >= 4 is 28.2 Å². The molecule has 1 atom stereocenters. The lowest BCUT2D eigenvalue weighted by molar-refractivity contribution is 0.0955. The second kappa shape index (κ2) is 12.6. The molecule has 2 aromatic carbocycles. The standard InChI is InChI=1S/C26H33N3O3S/c1-3-5-16-29(17-6-4-2)33(32)21-12-13-24-22(18-21)23(19-25(30)28-24)26(31)27-15-14-20-10-8-7-9-11-20/h7-13,18-19H,3-6,14-17H2,1-2H3,(H,27,31)(H,28,30). The van der Waals surface area contributed by atoms with Crippen molar-refractivity contribution in [2.24, 2.45) is 0 Å². The number of nitrogens with one attached hydrogen (secondary N) is 2. The van der Waals surface area contributed by atoms with Gasteiger partial charge in [0.1, 0.15) is 0 Å². The van der Waals surface area contributed by atoms with Crippen molar-refractivity contribution in [1.82, 2.24) is 14.6 Å². The molecule has 33 heavy (non-hydrogen) atoms. The van der Waals surface area contributed by atoms with Gasteiger partial charge in [-0.2, -0.15) is 0 Å². The van der Waals surface area contributed by atoms with E-state index in [0.717, 1.165) is 44.3 Å². The summed E-state index contributed by atoms with van der Waals surface area (Å²) in [6.07, 6.45) is 4.72. The van der Waals surface area contributed by atoms with Gasteiger partial charge in [0.25, 0.3) is 5.91 Å². The number of H-pyrrole nitrogens is 1. The number of hydrogen-bond acceptors (Lipinski definition) is 4. The minimum atomic E-state index is -1.33. The maximum absolute atomic E-state index is 13.3. The van der Waals surface area contributed by atoms with Crippen LogP contribution in [0.5, 0.6) is 0 Å². The number of fused-ring (bicyclic) bond motifs is 1. The van der Waals surface area contributed by atoms with Crippen LogP contribution >= 0.6 is 0 Å². The highest BCUT2D eigenvalue weighted by Gasteiger charge is 2.23. The topological polar surface area (TPSA) is 88.3 Å². The maximum Gasteiger partial charge on any atom is 0.252 e. The smallest absolute Gasteiger partial charge is 0.252 e. The first kappa shape index (κ1) is 25.0. The third-order valence-electron chi connectivity index (χ3n) is 5.56. The van der Waals surface area contributed by atoms with Crippen LogP contribution in [0.1, 0.15) is 55.5 Å². The number of aromatic nitrogens is 1. The molecule has 1 heterocycles. The van der Waals surface area contributed by atoms with Gasteiger partial charge < -0.3 is 14.9 Å². The minimum Gasteiger partial charge on any atom is -0.593 e. The monoisotopic (exact) mass is 467 g/mol. The summed E-state index contributed by atoms with van der Waals surface area (Å²) in [7, 11) is 0. The van der Waals surface area contributed by atoms with E-state index < -0.39 is 11.4 Å². The molecule has 0 saturated heterocycles. The van der Waals surface area contributed by atoms with E-state index in [1.165, 1.54) is 6.07 Å². The minimum absolute atomic E-state index is 0.300. The van der Waals surface area contributed by atoms with Gasteiger partial charge in [0.15, 0.2) is 4.90 Å². The van der Waals surface area contributed by atoms with Crippen LogP contribution in [-0.2, 0) is 17.8 Å². The number of nitrogens with zero attached hydrogens (tertiary/aromatic N) is 1. The summed E-state index contributed by atoms with van der Waals surface area (Å²) in [6, 6.07) is 16.5. The summed E-state index contributed by atoms with van der Waals surface area (Å²) < 4.78 is 15.3. The lowest BCUT2D eigenvalue weighted by atomic mass is 10.1. The van der Waals surface area contributed by atoms with Crippen LogP contribution < -0.4 is 10.9 Å². The van der Waals surface area contributed by atoms with Crippen LogP contribution in [-0.4, -0.2) is 39.4 Å². The van der Waals surface area contributed by atoms with Gasteiger partial charge in [-0.05, 0) is 37.0 Å². The molecule has 0 radical (unpaired) electrons. The maximum atomic E-state index is 13.3. The summed E-state index contributed by atoms with van der Waals surface area (Å²) in [5, 5.41) is 3.52. The highest BCUT2D eigenvalue weighted by molar-refractivity contribution is 7.89. The van der Waals surface area contributed by atoms with Crippen molar-refractivity contribution in [2.45, 2.75) is 50.8 Å². The molecule has 3 rings (SSSR count). The van der Waals surface area contributed by atoms with Crippen molar-refractivity contribution in [1.29, 1.82) is 0 Å². The van der Waals surface area contributed by atoms with Crippen molar-refractivity contribution in [3.63, 3.8) is 0 Å². The van der Waals surface area contributed by atoms with Crippen molar-refractivity contribution in [3.05, 3.63) is 76.1 Å². The van der Waals surface area contributed by atoms with Gasteiger partial charge in [-0.1, -0.05) is 57.0 Å². The Balaban J connectivity index is 1.83. The van der Waals surface area contributed by atoms with E-state index in [2.05, 4.69) is 24.1 Å². The fourth-order valence-electron chi connectivity index (χ4n) is 3.69. The Kier molecular flexibility index (Phi) is 9.54. The first-order chi connectivity index (χ1) is 16.0. The van der Waals surface area contributed by atoms with Crippen molar-refractivity contribution in [3.8, 4) is 0 Å². The number of pyridine rings is 1. The number of benzene rings is 2. The molecular weight excluding hydrogens is 434 g/mol. The Hall–Kier alpha value is -2.61. The molecule has 6 nitrogen and oxygen atoms in total. The van der Waals surface area contributed by atoms with Gasteiger partial charge in [0, 0.05) is 42.7 Å². The highest BCUT2D eigenvalue weighted by atomic mass is 32.2. The summed E-state index contributed by atoms with van der Waals surface area (Å²) in [4.78, 5) is 28.5. The second-order valence-corrected chi connectivity index (χ2v) is 9.62. The number of carbonyl (C=O) groups excluding carboxylic acids is 1. The third-order valence-corrected chi connectivity index (χ3v) is 7.05. The third kappa shape index (κ3) is 6.93. The zero-order chi connectivity index (χ0) is 23.6. The first-order valence-corrected chi connectivity index (χ1v) is 12.8. The molecule has 176 valence electrons. The first-order valence-electron chi connectivity index (χ1n) is 11.7. The Morgan fingerprint density at radius 1 is 1.03 bits per heavy atom. The van der Waals surface area contributed by atoms with Gasteiger partial charge in [0.2, 0.25) is 5.56 Å². The normalized spacial score (nSPS) is 12.2. The Morgan fingerprint density at radius 2 is 1.73 bits per heavy atom. The summed E-state index contributed by atoms with van der Waals surface area (Å²) in [6.45, 7) is 6.23. The van der Waals surface area contributed by atoms with E-state index in [1.54, 1.807) is 18.2 Å². The molecule has 0 aliphatic carbocycles. The summed E-state index contributed by atoms with van der Waals surface area (Å²) in [5.41, 5.74) is 1.65. The molecule has 1 unspecified atom stereocenters. The predicted molar refractivity (Wildman–Crippen MR) is 135 cm³/mol. The summed E-state index contributed by atoms with van der Waals surface area (Å²) in [5.74, 6) is -0.307. The van der Waals surface area contributed by atoms with Gasteiger partial charge in [-0.3, -0.25) is 9.59 Å². The number of aromatic amines is 1. The van der Waals surface area contributed by atoms with E-state index >= 15 is 0 Å². The van der Waals surface area contributed by atoms with Crippen LogP contribution in [0.3, 0.4) is 0 Å². The van der Waals surface area contributed by atoms with E-state index in [-0.39, 0.29) is 11.5 Å². The Bertz CT molecular complexity index is 1090. The number of hydrogen-bond donors (Lipinski definition) is 2. The highest BCUT2D eigenvalue weighted by Crippen LogP contribution is 2.23. The van der Waals surface area contributed by atoms with Crippen LogP contribution in [0.25, 0.3) is 10.9 Å². The number of unbranched alkanes of at least 4 members (excludes halogenated alkanes) is 2. The molecular formula is C26H33N3O3S. The molecule has 0 saturated carbocycles. The van der Waals surface area contributed by atoms with Gasteiger partial charge in [-0.15, -0.1) is 4.31 Å². The molecule has 2 N–H and O–H groups in total. The van der Waals surface area contributed by atoms with E-state index in [9.17, 15) is 14.1 Å². The largest absolute Gasteiger partial charge is 0.593 e. The Labute approximate surface area is 198 Å². The van der Waals surface area contributed by atoms with Crippen LogP contribution in [0.15, 0.2) is 64.3 Å². The van der Waals surface area contributed by atoms with Crippen LogP contribution in [0.2, 0.25) is 0 Å². The van der Waals surface area contributed by atoms with Crippen molar-refractivity contribution < 1.29 is 9.35 Å². The Morgan fingerprint density at radius 3 is 2.39 bits per heavy atom. The molecule has 1 amide bonds. The molecule has 7 heteroatoms. The predicted octanol–water partition coefficient (Wildman–Crippen LogP) is 4.43. The lowest BCUT2D eigenvalue weighted by Gasteiger charge is -2.24. The molecule has 0 aliphatic heterocycles. The average Bonchev–Trinajstić information content (AvgIpc) is 2.83. The molecule has 0 spiro atoms. The molecule has 0 bridgehead atoms. The van der Waals surface area contributed by atoms with Crippen LogP contribution in [0.4, 0.5) is 0 Å². The number of amides is 1. The SMILES string of the molecule is CCCCN(CCCC)[S+]([O-])c1ccc2[nH]c(=O)cc(C(=O)NCCc3ccccc3)c2c1. The van der Waals surface area contributed by atoms with Gasteiger partial charge in [-0.25, -0.2) is 0 Å². The van der Waals surface area contributed by atoms with Crippen molar-refractivity contribution in [2.75, 3.05) is 19.6 Å². The fourth-order valence-corrected chi connectivity index (χ4v) is 4.98. The van der Waals surface area contributed by atoms with E-state index in [1.807, 2.05) is 34.6 Å². The molecule has 3 aromatic rings. The van der Waals surface area contributed by atoms with Gasteiger partial charge in [0.05, 0.1) is 16.9 Å². The second-order valence-electron chi connectivity index (χ2n) is 8.13. The molecule has 0 aliphatic rings. The zero-order valence-corrected chi connectivity index (χ0v) is 20.2. The quantitative estimate of drug-likeness (QED) is 0.386. The molecule has 0 fully saturated rings. The van der Waals surface area contributed by atoms with Crippen LogP contribution in [0, 0.1) is 0 Å². The van der Waals surface area contributed by atoms with Gasteiger partial charge >= 0.3 is 0 Å². The average molecular weight is 468 g/mol. The van der Waals surface area contributed by atoms with E-state index in [0.29, 0.717) is 34.3 Å². The number of carbonyl (C=O) groups is 1. The van der Waals surface area contributed by atoms with E-state index in [4.69, 9.17) is 0 Å².